The molecular formula is C15H23NO. The van der Waals surface area contributed by atoms with Gasteiger partial charge in [0.25, 0.3) is 0 Å². The zero-order valence-electron chi connectivity index (χ0n) is 10.7. The lowest BCUT2D eigenvalue weighted by atomic mass is 9.92. The van der Waals surface area contributed by atoms with Crippen molar-refractivity contribution in [3.63, 3.8) is 0 Å². The molecule has 2 atom stereocenters. The summed E-state index contributed by atoms with van der Waals surface area (Å²) in [6, 6.07) is 8.83. The van der Waals surface area contributed by atoms with E-state index >= 15 is 0 Å². The molecule has 1 aliphatic rings. The molecule has 1 aromatic carbocycles. The van der Waals surface area contributed by atoms with Gasteiger partial charge in [-0.05, 0) is 43.9 Å². The topological polar surface area (TPSA) is 32.3 Å². The molecule has 1 saturated carbocycles. The van der Waals surface area contributed by atoms with Gasteiger partial charge in [-0.15, -0.1) is 0 Å². The minimum Gasteiger partial charge on any atom is -0.392 e. The Hall–Kier alpha value is -0.860. The molecule has 94 valence electrons. The van der Waals surface area contributed by atoms with E-state index in [0.29, 0.717) is 6.04 Å². The van der Waals surface area contributed by atoms with Crippen LogP contribution in [0.15, 0.2) is 24.3 Å². The van der Waals surface area contributed by atoms with Gasteiger partial charge in [0.2, 0.25) is 0 Å². The van der Waals surface area contributed by atoms with E-state index in [1.54, 1.807) is 0 Å². The Morgan fingerprint density at radius 3 is 2.76 bits per heavy atom. The first-order chi connectivity index (χ1) is 8.27. The van der Waals surface area contributed by atoms with E-state index in [4.69, 9.17) is 0 Å². The maximum atomic E-state index is 9.86. The quantitative estimate of drug-likeness (QED) is 0.837. The van der Waals surface area contributed by atoms with Crippen LogP contribution in [-0.4, -0.2) is 23.8 Å². The molecule has 0 saturated heterocycles. The lowest BCUT2D eigenvalue weighted by molar-refractivity contribution is 0.0914. The first-order valence-corrected chi connectivity index (χ1v) is 6.73. The Kier molecular flexibility index (Phi) is 4.57. The Bertz CT molecular complexity index is 351. The van der Waals surface area contributed by atoms with Crippen molar-refractivity contribution in [1.82, 2.24) is 5.32 Å². The largest absolute Gasteiger partial charge is 0.392 e. The first kappa shape index (κ1) is 12.6. The van der Waals surface area contributed by atoms with Gasteiger partial charge >= 0.3 is 0 Å². The maximum Gasteiger partial charge on any atom is 0.0693 e. The summed E-state index contributed by atoms with van der Waals surface area (Å²) in [4.78, 5) is 0. The lowest BCUT2D eigenvalue weighted by Gasteiger charge is -2.28. The SMILES string of the molecule is Cc1ccccc1CCNC1CCCCC1O. The van der Waals surface area contributed by atoms with Gasteiger partial charge in [0, 0.05) is 6.04 Å². The molecule has 2 N–H and O–H groups in total. The van der Waals surface area contributed by atoms with Crippen LogP contribution >= 0.6 is 0 Å². The number of aliphatic hydroxyl groups is 1. The first-order valence-electron chi connectivity index (χ1n) is 6.73. The van der Waals surface area contributed by atoms with Crippen molar-refractivity contribution in [3.8, 4) is 0 Å². The predicted molar refractivity (Wildman–Crippen MR) is 71.1 cm³/mol. The summed E-state index contributed by atoms with van der Waals surface area (Å²) in [6.45, 7) is 3.12. The van der Waals surface area contributed by atoms with E-state index < -0.39 is 0 Å². The number of hydrogen-bond donors (Lipinski definition) is 2. The van der Waals surface area contributed by atoms with E-state index in [0.717, 1.165) is 25.8 Å². The second kappa shape index (κ2) is 6.18. The summed E-state index contributed by atoms with van der Waals surface area (Å²) in [5.74, 6) is 0. The molecule has 0 heterocycles. The number of aryl methyl sites for hydroxylation is 1. The van der Waals surface area contributed by atoms with E-state index in [1.807, 2.05) is 0 Å². The Morgan fingerprint density at radius 2 is 2.00 bits per heavy atom. The average molecular weight is 233 g/mol. The van der Waals surface area contributed by atoms with Gasteiger partial charge < -0.3 is 10.4 Å². The van der Waals surface area contributed by atoms with Crippen LogP contribution in [0.3, 0.4) is 0 Å². The Balaban J connectivity index is 1.77. The Morgan fingerprint density at radius 1 is 1.24 bits per heavy atom. The summed E-state index contributed by atoms with van der Waals surface area (Å²) in [5.41, 5.74) is 2.77. The number of aliphatic hydroxyl groups excluding tert-OH is 1. The maximum absolute atomic E-state index is 9.86. The van der Waals surface area contributed by atoms with Crippen LogP contribution in [0.5, 0.6) is 0 Å². The molecule has 2 heteroatoms. The smallest absolute Gasteiger partial charge is 0.0693 e. The van der Waals surface area contributed by atoms with E-state index in [1.165, 1.54) is 24.0 Å². The molecule has 2 unspecified atom stereocenters. The molecule has 0 spiro atoms. The fourth-order valence-electron chi connectivity index (χ4n) is 2.63. The van der Waals surface area contributed by atoms with Crippen LogP contribution in [-0.2, 0) is 6.42 Å². The van der Waals surface area contributed by atoms with E-state index in [9.17, 15) is 5.11 Å². The van der Waals surface area contributed by atoms with Crippen LogP contribution in [0.1, 0.15) is 36.8 Å². The minimum absolute atomic E-state index is 0.138. The van der Waals surface area contributed by atoms with Gasteiger partial charge in [0.05, 0.1) is 6.10 Å². The standard InChI is InChI=1S/C15H23NO/c1-12-6-2-3-7-13(12)10-11-16-14-8-4-5-9-15(14)17/h2-3,6-7,14-17H,4-5,8-11H2,1H3. The third-order valence-corrected chi connectivity index (χ3v) is 3.79. The molecule has 0 amide bonds. The predicted octanol–water partition coefficient (Wildman–Crippen LogP) is 2.43. The molecule has 0 bridgehead atoms. The lowest BCUT2D eigenvalue weighted by Crippen LogP contribution is -2.42. The molecule has 1 aliphatic carbocycles. The fraction of sp³-hybridized carbons (Fsp3) is 0.600. The minimum atomic E-state index is -0.138. The van der Waals surface area contributed by atoms with Gasteiger partial charge in [0.1, 0.15) is 0 Å². The van der Waals surface area contributed by atoms with Crippen molar-refractivity contribution in [3.05, 3.63) is 35.4 Å². The molecular weight excluding hydrogens is 210 g/mol. The van der Waals surface area contributed by atoms with E-state index in [-0.39, 0.29) is 6.10 Å². The monoisotopic (exact) mass is 233 g/mol. The van der Waals surface area contributed by atoms with Gasteiger partial charge in [-0.25, -0.2) is 0 Å². The Labute approximate surface area is 104 Å². The molecule has 0 aromatic heterocycles. The van der Waals surface area contributed by atoms with Crippen LogP contribution in [0.2, 0.25) is 0 Å². The van der Waals surface area contributed by atoms with Crippen molar-refractivity contribution < 1.29 is 5.11 Å². The van der Waals surface area contributed by atoms with Crippen molar-refractivity contribution in [2.75, 3.05) is 6.54 Å². The molecule has 2 rings (SSSR count). The van der Waals surface area contributed by atoms with Crippen molar-refractivity contribution in [2.24, 2.45) is 0 Å². The number of nitrogens with one attached hydrogen (secondary N) is 1. The van der Waals surface area contributed by atoms with Gasteiger partial charge in [-0.2, -0.15) is 0 Å². The highest BCUT2D eigenvalue weighted by Crippen LogP contribution is 2.18. The van der Waals surface area contributed by atoms with Crippen LogP contribution in [0, 0.1) is 6.92 Å². The van der Waals surface area contributed by atoms with Gasteiger partial charge in [-0.1, -0.05) is 37.1 Å². The highest BCUT2D eigenvalue weighted by Gasteiger charge is 2.21. The molecule has 0 radical (unpaired) electrons. The number of benzene rings is 1. The third kappa shape index (κ3) is 3.55. The second-order valence-corrected chi connectivity index (χ2v) is 5.09. The van der Waals surface area contributed by atoms with Crippen molar-refractivity contribution >= 4 is 0 Å². The molecule has 1 fully saturated rings. The summed E-state index contributed by atoms with van der Waals surface area (Å²) < 4.78 is 0. The zero-order valence-corrected chi connectivity index (χ0v) is 10.7. The highest BCUT2D eigenvalue weighted by molar-refractivity contribution is 5.25. The van der Waals surface area contributed by atoms with Gasteiger partial charge in [-0.3, -0.25) is 0 Å². The molecule has 2 nitrogen and oxygen atoms in total. The summed E-state index contributed by atoms with van der Waals surface area (Å²) in [6.07, 6.45) is 5.42. The van der Waals surface area contributed by atoms with Crippen LogP contribution in [0.25, 0.3) is 0 Å². The summed E-state index contributed by atoms with van der Waals surface area (Å²) >= 11 is 0. The normalized spacial score (nSPS) is 24.8. The zero-order chi connectivity index (χ0) is 12.1. The van der Waals surface area contributed by atoms with Crippen LogP contribution in [0.4, 0.5) is 0 Å². The molecule has 1 aromatic rings. The fourth-order valence-corrected chi connectivity index (χ4v) is 2.63. The number of hydrogen-bond acceptors (Lipinski definition) is 2. The highest BCUT2D eigenvalue weighted by atomic mass is 16.3. The summed E-state index contributed by atoms with van der Waals surface area (Å²) in [7, 11) is 0. The third-order valence-electron chi connectivity index (χ3n) is 3.79. The summed E-state index contributed by atoms with van der Waals surface area (Å²) in [5, 5.41) is 13.4. The number of rotatable bonds is 4. The molecule has 0 aliphatic heterocycles. The molecule has 17 heavy (non-hydrogen) atoms. The van der Waals surface area contributed by atoms with Gasteiger partial charge in [0.15, 0.2) is 0 Å². The van der Waals surface area contributed by atoms with Crippen molar-refractivity contribution in [2.45, 2.75) is 51.2 Å². The second-order valence-electron chi connectivity index (χ2n) is 5.09. The average Bonchev–Trinajstić information content (AvgIpc) is 2.34. The van der Waals surface area contributed by atoms with Crippen LogP contribution < -0.4 is 5.32 Å². The van der Waals surface area contributed by atoms with E-state index in [2.05, 4.69) is 36.5 Å². The van der Waals surface area contributed by atoms with Crippen molar-refractivity contribution in [1.29, 1.82) is 0 Å².